The van der Waals surface area contributed by atoms with Crippen LogP contribution in [0.15, 0.2) is 24.3 Å². The molecule has 5 nitrogen and oxygen atoms in total. The van der Waals surface area contributed by atoms with E-state index in [1.165, 1.54) is 6.07 Å². The van der Waals surface area contributed by atoms with Crippen LogP contribution in [0.1, 0.15) is 41.0 Å². The number of aromatic nitrogens is 2. The number of carbonyl (C=O) groups excluding carboxylic acids is 1. The van der Waals surface area contributed by atoms with Crippen molar-refractivity contribution in [1.29, 1.82) is 0 Å². The highest BCUT2D eigenvalue weighted by Gasteiger charge is 2.38. The summed E-state index contributed by atoms with van der Waals surface area (Å²) in [5, 5.41) is 7.71. The summed E-state index contributed by atoms with van der Waals surface area (Å²) in [4.78, 5) is 15.0. The van der Waals surface area contributed by atoms with Gasteiger partial charge in [0, 0.05) is 29.9 Å². The Morgan fingerprint density at radius 2 is 1.96 bits per heavy atom. The van der Waals surface area contributed by atoms with Crippen molar-refractivity contribution >= 4 is 18.3 Å². The van der Waals surface area contributed by atoms with Crippen molar-refractivity contribution in [2.45, 2.75) is 45.2 Å². The van der Waals surface area contributed by atoms with Crippen LogP contribution in [0, 0.1) is 19.7 Å². The lowest BCUT2D eigenvalue weighted by Gasteiger charge is -2.28. The molecule has 0 spiro atoms. The van der Waals surface area contributed by atoms with Gasteiger partial charge in [0.1, 0.15) is 11.5 Å². The van der Waals surface area contributed by atoms with E-state index in [4.69, 9.17) is 0 Å². The predicted molar refractivity (Wildman–Crippen MR) is 101 cm³/mol. The Hall–Kier alpha value is -1.92. The number of halogens is 2. The maximum atomic E-state index is 14.7. The molecule has 2 fully saturated rings. The average molecular weight is 379 g/mol. The molecular weight excluding hydrogens is 355 g/mol. The second kappa shape index (κ2) is 7.37. The minimum Gasteiger partial charge on any atom is -0.331 e. The van der Waals surface area contributed by atoms with Crippen LogP contribution in [0.4, 0.5) is 4.39 Å². The molecule has 0 aliphatic carbocycles. The number of hydrogen-bond acceptors (Lipinski definition) is 3. The third kappa shape index (κ3) is 3.23. The van der Waals surface area contributed by atoms with Crippen LogP contribution in [0.2, 0.25) is 0 Å². The molecule has 1 aromatic carbocycles. The van der Waals surface area contributed by atoms with Gasteiger partial charge in [-0.05, 0) is 63.9 Å². The number of hydrogen-bond donors (Lipinski definition) is 1. The van der Waals surface area contributed by atoms with E-state index in [2.05, 4.69) is 10.4 Å². The zero-order chi connectivity index (χ0) is 17.6. The first-order chi connectivity index (χ1) is 12.0. The number of aryl methyl sites for hydroxylation is 2. The van der Waals surface area contributed by atoms with Crippen LogP contribution in [-0.2, 0) is 0 Å². The minimum atomic E-state index is -0.419. The maximum absolute atomic E-state index is 14.7. The summed E-state index contributed by atoms with van der Waals surface area (Å²) < 4.78 is 16.3. The molecule has 2 bridgehead atoms. The molecule has 2 aromatic rings. The molecule has 3 heterocycles. The van der Waals surface area contributed by atoms with Crippen LogP contribution in [0.3, 0.4) is 0 Å². The maximum Gasteiger partial charge on any atom is 0.254 e. The highest BCUT2D eigenvalue weighted by atomic mass is 35.5. The van der Waals surface area contributed by atoms with E-state index in [1.807, 2.05) is 24.8 Å². The van der Waals surface area contributed by atoms with Crippen LogP contribution in [-0.4, -0.2) is 45.8 Å². The summed E-state index contributed by atoms with van der Waals surface area (Å²) in [6.45, 7) is 5.54. The van der Waals surface area contributed by atoms with E-state index >= 15 is 0 Å². The van der Waals surface area contributed by atoms with E-state index in [-0.39, 0.29) is 30.4 Å². The molecule has 2 aliphatic rings. The quantitative estimate of drug-likeness (QED) is 0.873. The van der Waals surface area contributed by atoms with Gasteiger partial charge in [0.2, 0.25) is 0 Å². The molecule has 2 atom stereocenters. The summed E-state index contributed by atoms with van der Waals surface area (Å²) in [6, 6.07) is 7.12. The molecule has 140 valence electrons. The number of benzene rings is 1. The molecule has 0 radical (unpaired) electrons. The molecule has 0 saturated carbocycles. The first-order valence-electron chi connectivity index (χ1n) is 8.91. The summed E-state index contributed by atoms with van der Waals surface area (Å²) in [5.41, 5.74) is 2.50. The van der Waals surface area contributed by atoms with Crippen molar-refractivity contribution in [3.05, 3.63) is 47.0 Å². The van der Waals surface area contributed by atoms with Crippen LogP contribution in [0.5, 0.6) is 0 Å². The summed E-state index contributed by atoms with van der Waals surface area (Å²) in [6.07, 6.45) is 3.04. The Morgan fingerprint density at radius 1 is 1.19 bits per heavy atom. The third-order valence-corrected chi connectivity index (χ3v) is 5.32. The van der Waals surface area contributed by atoms with Crippen molar-refractivity contribution in [1.82, 2.24) is 20.0 Å². The fraction of sp³-hybridized carbons (Fsp3) is 0.474. The Labute approximate surface area is 159 Å². The highest BCUT2D eigenvalue weighted by Crippen LogP contribution is 2.30. The lowest BCUT2D eigenvalue weighted by molar-refractivity contribution is 0.0680. The average Bonchev–Trinajstić information content (AvgIpc) is 3.03. The molecule has 26 heavy (non-hydrogen) atoms. The first-order valence-corrected chi connectivity index (χ1v) is 8.91. The largest absolute Gasteiger partial charge is 0.331 e. The van der Waals surface area contributed by atoms with Crippen LogP contribution < -0.4 is 5.32 Å². The van der Waals surface area contributed by atoms with Gasteiger partial charge >= 0.3 is 0 Å². The van der Waals surface area contributed by atoms with E-state index in [0.29, 0.717) is 11.3 Å². The zero-order valence-electron chi connectivity index (χ0n) is 15.0. The van der Waals surface area contributed by atoms with Crippen molar-refractivity contribution < 1.29 is 9.18 Å². The van der Waals surface area contributed by atoms with Gasteiger partial charge in [0.05, 0.1) is 5.69 Å². The van der Waals surface area contributed by atoms with E-state index in [9.17, 15) is 9.18 Å². The highest BCUT2D eigenvalue weighted by molar-refractivity contribution is 5.95. The Kier molecular flexibility index (Phi) is 5.34. The number of carbonyl (C=O) groups is 1. The van der Waals surface area contributed by atoms with Crippen molar-refractivity contribution in [3.8, 4) is 5.69 Å². The topological polar surface area (TPSA) is 50.2 Å². The Balaban J connectivity index is 0.00000196. The van der Waals surface area contributed by atoms with Gasteiger partial charge in [-0.1, -0.05) is 0 Å². The lowest BCUT2D eigenvalue weighted by Crippen LogP contribution is -2.42. The monoisotopic (exact) mass is 378 g/mol. The Morgan fingerprint density at radius 3 is 2.65 bits per heavy atom. The molecule has 1 aromatic heterocycles. The van der Waals surface area contributed by atoms with E-state index in [1.54, 1.807) is 16.8 Å². The second-order valence-corrected chi connectivity index (χ2v) is 7.10. The third-order valence-electron chi connectivity index (χ3n) is 5.32. The van der Waals surface area contributed by atoms with E-state index in [0.717, 1.165) is 43.7 Å². The molecular formula is C19H24ClFN4O. The number of nitrogens with one attached hydrogen (secondary N) is 1. The second-order valence-electron chi connectivity index (χ2n) is 7.10. The first kappa shape index (κ1) is 18.9. The number of fused-ring (bicyclic) bond motifs is 2. The van der Waals surface area contributed by atoms with Gasteiger partial charge in [0.25, 0.3) is 5.91 Å². The van der Waals surface area contributed by atoms with Gasteiger partial charge in [-0.15, -0.1) is 12.4 Å². The van der Waals surface area contributed by atoms with Gasteiger partial charge < -0.3 is 10.2 Å². The normalized spacial score (nSPS) is 22.0. The molecule has 2 saturated heterocycles. The minimum absolute atomic E-state index is 0. The van der Waals surface area contributed by atoms with E-state index < -0.39 is 5.82 Å². The summed E-state index contributed by atoms with van der Waals surface area (Å²) in [5.74, 6) is -0.479. The van der Waals surface area contributed by atoms with Gasteiger partial charge in [-0.3, -0.25) is 4.79 Å². The molecule has 1 amide bonds. The lowest BCUT2D eigenvalue weighted by atomic mass is 10.1. The molecule has 7 heteroatoms. The summed E-state index contributed by atoms with van der Waals surface area (Å²) >= 11 is 0. The molecule has 2 aliphatic heterocycles. The molecule has 1 N–H and O–H groups in total. The molecule has 4 rings (SSSR count). The number of nitrogens with zero attached hydrogens (tertiary/aromatic N) is 3. The number of rotatable bonds is 2. The van der Waals surface area contributed by atoms with Gasteiger partial charge in [-0.2, -0.15) is 5.10 Å². The summed E-state index contributed by atoms with van der Waals surface area (Å²) in [7, 11) is 0. The fourth-order valence-electron chi connectivity index (χ4n) is 4.15. The van der Waals surface area contributed by atoms with Crippen LogP contribution >= 0.6 is 12.4 Å². The van der Waals surface area contributed by atoms with Crippen molar-refractivity contribution in [3.63, 3.8) is 0 Å². The smallest absolute Gasteiger partial charge is 0.254 e. The van der Waals surface area contributed by atoms with Crippen LogP contribution in [0.25, 0.3) is 5.69 Å². The van der Waals surface area contributed by atoms with Gasteiger partial charge in [0.15, 0.2) is 0 Å². The predicted octanol–water partition coefficient (Wildman–Crippen LogP) is 3.02. The number of amides is 1. The van der Waals surface area contributed by atoms with Crippen molar-refractivity contribution in [2.75, 3.05) is 13.1 Å². The fourth-order valence-corrected chi connectivity index (χ4v) is 4.15. The zero-order valence-corrected chi connectivity index (χ0v) is 15.9. The SMILES string of the molecule is Cc1cc(C)n(-c2ccc(C(=O)N3C4CCNCC3CC4)cc2F)n1.Cl. The van der Waals surface area contributed by atoms with Gasteiger partial charge in [-0.25, -0.2) is 9.07 Å². The standard InChI is InChI=1S/C19H23FN4O.ClH/c1-12-9-13(2)24(22-12)18-6-3-14(10-17(18)20)19(25)23-15-4-5-16(23)11-21-8-7-15;/h3,6,9-10,15-16,21H,4-5,7-8,11H2,1-2H3;1H. The van der Waals surface area contributed by atoms with Crippen molar-refractivity contribution in [2.24, 2.45) is 0 Å². The Bertz CT molecular complexity index is 808. The molecule has 2 unspecified atom stereocenters.